The Morgan fingerprint density at radius 3 is 1.51 bits per heavy atom. The number of thiazole rings is 4. The minimum absolute atomic E-state index is 0.0305. The number of hydrogen-bond acceptors (Lipinski definition) is 28. The summed E-state index contributed by atoms with van der Waals surface area (Å²) in [6.07, 6.45) is 1.31. The zero-order valence-electron chi connectivity index (χ0n) is 49.0. The molecule has 0 spiro atoms. The van der Waals surface area contributed by atoms with E-state index in [9.17, 15) is 33.6 Å². The van der Waals surface area contributed by atoms with Crippen LogP contribution < -0.4 is 54.8 Å². The zero-order chi connectivity index (χ0) is 67.5. The Balaban J connectivity index is 0.000000135. The number of hydrogen-bond donors (Lipinski definition) is 11. The van der Waals surface area contributed by atoms with Crippen LogP contribution >= 0.6 is 92.8 Å². The number of imide groups is 3. The van der Waals surface area contributed by atoms with Gasteiger partial charge in [-0.05, 0) is 63.7 Å². The molecule has 7 aromatic heterocycles. The Labute approximate surface area is 575 Å². The van der Waals surface area contributed by atoms with Gasteiger partial charge in [0.15, 0.2) is 21.6 Å². The number of nitrogen functional groups attached to an aromatic ring is 3. The molecule has 95 heavy (non-hydrogen) atoms. The minimum Gasteiger partial charge on any atom is -0.398 e. The molecule has 7 amide bonds. The number of carbonyl (C=O) groups is 7. The number of rotatable bonds is 8. The van der Waals surface area contributed by atoms with E-state index in [-0.39, 0.29) is 77.2 Å². The van der Waals surface area contributed by atoms with Crippen LogP contribution in [0.2, 0.25) is 15.7 Å². The predicted molar refractivity (Wildman–Crippen MR) is 371 cm³/mol. The third kappa shape index (κ3) is 19.5. The second kappa shape index (κ2) is 33.1. The van der Waals surface area contributed by atoms with E-state index in [2.05, 4.69) is 96.2 Å². The van der Waals surface area contributed by atoms with Crippen LogP contribution in [0.4, 0.5) is 28.7 Å². The second-order valence-corrected chi connectivity index (χ2v) is 24.7. The number of para-hydroxylation sites is 3. The van der Waals surface area contributed by atoms with Crippen LogP contribution in [-0.4, -0.2) is 91.2 Å². The highest BCUT2D eigenvalue weighted by molar-refractivity contribution is 7.84. The normalized spacial score (nSPS) is 13.6. The fourth-order valence-electron chi connectivity index (χ4n) is 8.43. The van der Waals surface area contributed by atoms with E-state index in [0.717, 1.165) is 53.3 Å². The summed E-state index contributed by atoms with van der Waals surface area (Å²) in [5.74, 6) is -0.401. The van der Waals surface area contributed by atoms with E-state index in [4.69, 9.17) is 62.7 Å². The van der Waals surface area contributed by atoms with Crippen molar-refractivity contribution in [2.75, 3.05) is 27.8 Å². The summed E-state index contributed by atoms with van der Waals surface area (Å²) in [7, 11) is 0. The van der Waals surface area contributed by atoms with Gasteiger partial charge in [0.2, 0.25) is 34.2 Å². The van der Waals surface area contributed by atoms with E-state index < -0.39 is 11.8 Å². The molecule has 0 atom stereocenters. The molecule has 27 nitrogen and oxygen atoms in total. The molecule has 4 aliphatic rings. The van der Waals surface area contributed by atoms with Crippen molar-refractivity contribution in [2.24, 2.45) is 5.73 Å². The molecule has 11 aromatic rings. The van der Waals surface area contributed by atoms with Gasteiger partial charge in [-0.25, -0.2) is 44.9 Å². The highest BCUT2D eigenvalue weighted by atomic mass is 35.5. The molecule has 0 bridgehead atoms. The maximum Gasteiger partial charge on any atom is 0.277 e. The van der Waals surface area contributed by atoms with Crippen molar-refractivity contribution in [1.29, 1.82) is 0 Å². The summed E-state index contributed by atoms with van der Waals surface area (Å²) in [5.41, 5.74) is 37.8. The highest BCUT2D eigenvalue weighted by Gasteiger charge is 2.32. The first-order valence-electron chi connectivity index (χ1n) is 27.7. The molecule has 484 valence electrons. The number of benzene rings is 4. The Bertz CT molecular complexity index is 4710. The number of fused-ring (bicyclic) bond motifs is 4. The molecule has 0 saturated carbocycles. The lowest BCUT2D eigenvalue weighted by Crippen LogP contribution is -2.38. The number of amides is 7. The summed E-state index contributed by atoms with van der Waals surface area (Å²) in [4.78, 5) is 121. The highest BCUT2D eigenvalue weighted by Crippen LogP contribution is 2.28. The topological polar surface area (TPSA) is 425 Å². The summed E-state index contributed by atoms with van der Waals surface area (Å²) < 4.78 is 0. The van der Waals surface area contributed by atoms with Crippen molar-refractivity contribution >= 4 is 194 Å². The molecular formula is C60H51Cl3N20O7S5. The SMILES string of the molecule is Clc1nc(Cl)c2ncsc2n1.Clc1nc(NCc2ccccc2)c2ncsc2n1.NC1=C(S)CC(=O)NC1=O.Nc1ccccc1Cc1nc(NCc2ccccc2)c2ncsc2n1.Nc1ccccc1N.O=C1CC2=C(NC(=O)C2)C(=O)N1.O=C1Cc2scnc2C(=O)N1. The smallest absolute Gasteiger partial charge is 0.277 e. The molecule has 4 aliphatic heterocycles. The molecule has 15 rings (SSSR count). The van der Waals surface area contributed by atoms with Gasteiger partial charge in [-0.15, -0.1) is 58.0 Å². The Morgan fingerprint density at radius 2 is 0.926 bits per heavy atom. The van der Waals surface area contributed by atoms with Crippen LogP contribution in [0, 0.1) is 0 Å². The number of anilines is 5. The molecule has 0 unspecified atom stereocenters. The zero-order valence-corrected chi connectivity index (χ0v) is 55.4. The standard InChI is InChI=1S/C19H17N5S.C12H9ClN4S.C7H6N2O3.C6H4N2O2S.C6H8N2.C5HCl2N3S.C5H6N2O2S/c20-15-9-5-4-8-14(15)10-16-23-18(17-19(24-16)25-12-22-17)21-11-13-6-2-1-3-7-13;13-12-16-10(9-11(17-12)18-7-15-9)14-6-8-4-2-1-3-5-8;10-4-1-3-2-5(11)9-7(12)6(3)8-4;9-4-1-3-5(6(10)8-4)7-2-11-3;7-5-3-1-2-4-6(5)8;6-3-2-4(11-1-8-2)10-5(7)9-3;6-4-2(10)1-3(8)7-5(4)9/h1-9,12H,10-11,20H2,(H,21,23,24);1-5,7H,6H2,(H,14,16,17);1-2H2,(H,8,10)(H,9,11,12);2H,1H2,(H,8,9,10);1-4H,7-8H2;1H;10H,1,6H2,(H,7,8,9). The number of carbonyl (C=O) groups excluding carboxylic acids is 7. The maximum atomic E-state index is 11.0. The average molecular weight is 1430 g/mol. The van der Waals surface area contributed by atoms with E-state index in [0.29, 0.717) is 63.5 Å². The van der Waals surface area contributed by atoms with E-state index >= 15 is 0 Å². The lowest BCUT2D eigenvalue weighted by molar-refractivity contribution is -0.130. The van der Waals surface area contributed by atoms with E-state index in [1.165, 1.54) is 56.5 Å². The number of nitrogens with zero attached hydrogens (tertiary/aromatic N) is 10. The van der Waals surface area contributed by atoms with Gasteiger partial charge in [-0.3, -0.25) is 49.5 Å². The first-order valence-corrected chi connectivity index (χ1v) is 32.8. The number of aromatic nitrogens is 10. The van der Waals surface area contributed by atoms with E-state index in [1.54, 1.807) is 34.2 Å². The first-order chi connectivity index (χ1) is 45.7. The quantitative estimate of drug-likeness (QED) is 0.0224. The van der Waals surface area contributed by atoms with Crippen molar-refractivity contribution in [1.82, 2.24) is 71.1 Å². The molecule has 4 aromatic carbocycles. The van der Waals surface area contributed by atoms with Crippen LogP contribution in [-0.2, 0) is 54.7 Å². The summed E-state index contributed by atoms with van der Waals surface area (Å²) in [5, 5.41) is 16.1. The largest absolute Gasteiger partial charge is 0.398 e. The predicted octanol–water partition coefficient (Wildman–Crippen LogP) is 8.36. The maximum absolute atomic E-state index is 11.0. The molecule has 14 N–H and O–H groups in total. The summed E-state index contributed by atoms with van der Waals surface area (Å²) in [6.45, 7) is 1.37. The van der Waals surface area contributed by atoms with Crippen LogP contribution in [0.1, 0.15) is 57.1 Å². The van der Waals surface area contributed by atoms with Crippen molar-refractivity contribution < 1.29 is 33.6 Å². The monoisotopic (exact) mass is 1430 g/mol. The Hall–Kier alpha value is -10.2. The lowest BCUT2D eigenvalue weighted by atomic mass is 10.1. The van der Waals surface area contributed by atoms with Crippen molar-refractivity contribution in [3.05, 3.63) is 202 Å². The number of halogens is 3. The molecule has 0 radical (unpaired) electrons. The molecule has 35 heteroatoms. The van der Waals surface area contributed by atoms with Gasteiger partial charge in [0.25, 0.3) is 17.7 Å². The van der Waals surface area contributed by atoms with Crippen molar-refractivity contribution in [2.45, 2.75) is 45.2 Å². The Kier molecular flexibility index (Phi) is 24.1. The van der Waals surface area contributed by atoms with E-state index in [1.807, 2.05) is 90.2 Å². The molecule has 0 saturated heterocycles. The fraction of sp³-hybridized carbons (Fsp3) is 0.117. The third-order valence-electron chi connectivity index (χ3n) is 13.0. The average Bonchev–Trinajstić information content (AvgIpc) is 1.81. The van der Waals surface area contributed by atoms with Gasteiger partial charge in [0.1, 0.15) is 49.1 Å². The molecule has 11 heterocycles. The number of nitrogens with two attached hydrogens (primary N) is 4. The molecular weight excluding hydrogens is 1380 g/mol. The van der Waals surface area contributed by atoms with Gasteiger partial charge >= 0.3 is 0 Å². The molecule has 0 fully saturated rings. The van der Waals surface area contributed by atoms with Crippen LogP contribution in [0.25, 0.3) is 31.0 Å². The van der Waals surface area contributed by atoms with Gasteiger partial charge < -0.3 is 38.9 Å². The lowest BCUT2D eigenvalue weighted by Gasteiger charge is -2.11. The Morgan fingerprint density at radius 1 is 0.463 bits per heavy atom. The number of thiol groups is 1. The third-order valence-corrected chi connectivity index (χ3v) is 17.0. The van der Waals surface area contributed by atoms with Crippen molar-refractivity contribution in [3.63, 3.8) is 0 Å². The van der Waals surface area contributed by atoms with Gasteiger partial charge in [0, 0.05) is 35.0 Å². The van der Waals surface area contributed by atoms with Crippen LogP contribution in [0.3, 0.4) is 0 Å². The summed E-state index contributed by atoms with van der Waals surface area (Å²) >= 11 is 26.7. The fourth-order valence-corrected chi connectivity index (χ4v) is 12.2. The van der Waals surface area contributed by atoms with Crippen LogP contribution in [0.15, 0.2) is 153 Å². The first kappa shape index (κ1) is 69.2. The van der Waals surface area contributed by atoms with Crippen molar-refractivity contribution in [3.8, 4) is 0 Å². The van der Waals surface area contributed by atoms with Crippen LogP contribution in [0.5, 0.6) is 0 Å². The minimum atomic E-state index is -0.554. The van der Waals surface area contributed by atoms with Gasteiger partial charge in [-0.2, -0.15) is 4.98 Å². The van der Waals surface area contributed by atoms with Gasteiger partial charge in [0.05, 0.1) is 59.1 Å². The number of nitrogens with one attached hydrogen (secondary N) is 6. The summed E-state index contributed by atoms with van der Waals surface area (Å²) in [6, 6.07) is 35.4. The van der Waals surface area contributed by atoms with Gasteiger partial charge in [-0.1, -0.05) is 103 Å². The molecule has 0 aliphatic carbocycles. The second-order valence-electron chi connectivity index (χ2n) is 19.7.